The van der Waals surface area contributed by atoms with Gasteiger partial charge in [0.15, 0.2) is 0 Å². The number of hydrogen-bond acceptors (Lipinski definition) is 3. The smallest absolute Gasteiger partial charge is 0.410 e. The second-order valence-electron chi connectivity index (χ2n) is 6.60. The van der Waals surface area contributed by atoms with Crippen molar-refractivity contribution in [2.75, 3.05) is 6.54 Å². The van der Waals surface area contributed by atoms with Crippen molar-refractivity contribution < 1.29 is 14.3 Å². The Labute approximate surface area is 154 Å². The van der Waals surface area contributed by atoms with Gasteiger partial charge in [0.25, 0.3) is 0 Å². The minimum absolute atomic E-state index is 0.125. The highest BCUT2D eigenvalue weighted by Gasteiger charge is 2.34. The maximum absolute atomic E-state index is 12.5. The van der Waals surface area contributed by atoms with Crippen LogP contribution in [0.1, 0.15) is 29.5 Å². The van der Waals surface area contributed by atoms with Crippen molar-refractivity contribution in [2.45, 2.75) is 39.0 Å². The molecule has 0 aliphatic carbocycles. The average molecular weight is 352 g/mol. The highest BCUT2D eigenvalue weighted by atomic mass is 16.6. The number of rotatable bonds is 5. The van der Waals surface area contributed by atoms with E-state index in [1.54, 1.807) is 0 Å². The van der Waals surface area contributed by atoms with E-state index in [0.29, 0.717) is 19.5 Å². The van der Waals surface area contributed by atoms with Crippen molar-refractivity contribution in [3.05, 3.63) is 71.3 Å². The summed E-state index contributed by atoms with van der Waals surface area (Å²) in [5.41, 5.74) is 3.16. The lowest BCUT2D eigenvalue weighted by molar-refractivity contribution is -0.125. The molecule has 0 bridgehead atoms. The number of nitrogens with zero attached hydrogens (tertiary/aromatic N) is 1. The summed E-state index contributed by atoms with van der Waals surface area (Å²) in [5, 5.41) is 2.93. The van der Waals surface area contributed by atoms with Crippen LogP contribution >= 0.6 is 0 Å². The second-order valence-corrected chi connectivity index (χ2v) is 6.60. The summed E-state index contributed by atoms with van der Waals surface area (Å²) in [4.78, 5) is 26.4. The summed E-state index contributed by atoms with van der Waals surface area (Å²) in [5.74, 6) is -0.125. The molecule has 3 rings (SSSR count). The summed E-state index contributed by atoms with van der Waals surface area (Å²) in [7, 11) is 0. The van der Waals surface area contributed by atoms with Gasteiger partial charge in [0.05, 0.1) is 0 Å². The van der Waals surface area contributed by atoms with Crippen molar-refractivity contribution in [3.8, 4) is 0 Å². The third kappa shape index (κ3) is 4.63. The first kappa shape index (κ1) is 18.0. The van der Waals surface area contributed by atoms with Crippen LogP contribution in [0, 0.1) is 6.92 Å². The highest BCUT2D eigenvalue weighted by molar-refractivity contribution is 5.86. The van der Waals surface area contributed by atoms with Crippen LogP contribution in [0.25, 0.3) is 0 Å². The highest BCUT2D eigenvalue weighted by Crippen LogP contribution is 2.19. The van der Waals surface area contributed by atoms with Gasteiger partial charge in [-0.1, -0.05) is 60.2 Å². The van der Waals surface area contributed by atoms with E-state index in [2.05, 4.69) is 5.32 Å². The van der Waals surface area contributed by atoms with Crippen molar-refractivity contribution in [3.63, 3.8) is 0 Å². The summed E-state index contributed by atoms with van der Waals surface area (Å²) in [6.07, 6.45) is 1.05. The molecule has 0 spiro atoms. The number of carbonyl (C=O) groups excluding carboxylic acids is 2. The SMILES string of the molecule is Cc1ccc(CNC(=O)C2CCCN2C(=O)OCc2ccccc2)cc1. The minimum atomic E-state index is -0.455. The average Bonchev–Trinajstić information content (AvgIpc) is 3.16. The van der Waals surface area contributed by atoms with Gasteiger partial charge >= 0.3 is 6.09 Å². The van der Waals surface area contributed by atoms with E-state index in [1.807, 2.05) is 61.5 Å². The molecule has 1 heterocycles. The first-order valence-corrected chi connectivity index (χ1v) is 8.94. The summed E-state index contributed by atoms with van der Waals surface area (Å²) >= 11 is 0. The van der Waals surface area contributed by atoms with Gasteiger partial charge in [0.2, 0.25) is 5.91 Å². The van der Waals surface area contributed by atoms with Crippen LogP contribution in [0.2, 0.25) is 0 Å². The Hall–Kier alpha value is -2.82. The second kappa shape index (κ2) is 8.52. The van der Waals surface area contributed by atoms with E-state index in [-0.39, 0.29) is 12.5 Å². The summed E-state index contributed by atoms with van der Waals surface area (Å²) in [6, 6.07) is 17.1. The van der Waals surface area contributed by atoms with Crippen molar-refractivity contribution in [1.82, 2.24) is 10.2 Å². The molecule has 5 nitrogen and oxygen atoms in total. The molecule has 1 aliphatic heterocycles. The van der Waals surface area contributed by atoms with E-state index < -0.39 is 12.1 Å². The Morgan fingerprint density at radius 1 is 1.08 bits per heavy atom. The molecule has 1 atom stereocenters. The van der Waals surface area contributed by atoms with Gasteiger partial charge in [-0.05, 0) is 30.9 Å². The van der Waals surface area contributed by atoms with Crippen molar-refractivity contribution >= 4 is 12.0 Å². The minimum Gasteiger partial charge on any atom is -0.445 e. The first-order valence-electron chi connectivity index (χ1n) is 8.94. The lowest BCUT2D eigenvalue weighted by atomic mass is 10.1. The number of nitrogens with one attached hydrogen (secondary N) is 1. The van der Waals surface area contributed by atoms with E-state index in [1.165, 1.54) is 10.5 Å². The Morgan fingerprint density at radius 2 is 1.81 bits per heavy atom. The zero-order valence-corrected chi connectivity index (χ0v) is 15.0. The molecule has 1 aliphatic rings. The number of likely N-dealkylation sites (tertiary alicyclic amines) is 1. The first-order chi connectivity index (χ1) is 12.6. The third-order valence-corrected chi connectivity index (χ3v) is 4.58. The van der Waals surface area contributed by atoms with Crippen LogP contribution in [0.4, 0.5) is 4.79 Å². The molecule has 0 saturated carbocycles. The van der Waals surface area contributed by atoms with Crippen LogP contribution in [-0.2, 0) is 22.7 Å². The Kier molecular flexibility index (Phi) is 5.89. The van der Waals surface area contributed by atoms with Gasteiger partial charge < -0.3 is 10.1 Å². The largest absolute Gasteiger partial charge is 0.445 e. The summed E-state index contributed by atoms with van der Waals surface area (Å²) in [6.45, 7) is 3.26. The van der Waals surface area contributed by atoms with E-state index in [0.717, 1.165) is 17.5 Å². The van der Waals surface area contributed by atoms with E-state index in [9.17, 15) is 9.59 Å². The van der Waals surface area contributed by atoms with Gasteiger partial charge in [-0.15, -0.1) is 0 Å². The van der Waals surface area contributed by atoms with E-state index in [4.69, 9.17) is 4.74 Å². The molecule has 1 unspecified atom stereocenters. The maximum atomic E-state index is 12.5. The lowest BCUT2D eigenvalue weighted by Gasteiger charge is -2.23. The fraction of sp³-hybridized carbons (Fsp3) is 0.333. The lowest BCUT2D eigenvalue weighted by Crippen LogP contribution is -2.45. The third-order valence-electron chi connectivity index (χ3n) is 4.58. The number of carbonyl (C=O) groups is 2. The molecular formula is C21H24N2O3. The topological polar surface area (TPSA) is 58.6 Å². The number of ether oxygens (including phenoxy) is 1. The quantitative estimate of drug-likeness (QED) is 0.897. The molecule has 2 aromatic carbocycles. The predicted molar refractivity (Wildman–Crippen MR) is 99.4 cm³/mol. The number of benzene rings is 2. The Bertz CT molecular complexity index is 744. The molecule has 1 fully saturated rings. The molecule has 26 heavy (non-hydrogen) atoms. The van der Waals surface area contributed by atoms with Gasteiger partial charge in [-0.25, -0.2) is 4.79 Å². The maximum Gasteiger partial charge on any atom is 0.410 e. The Balaban J connectivity index is 1.52. The van der Waals surface area contributed by atoms with Crippen LogP contribution in [0.15, 0.2) is 54.6 Å². The van der Waals surface area contributed by atoms with Crippen LogP contribution in [0.5, 0.6) is 0 Å². The molecule has 0 aromatic heterocycles. The van der Waals surface area contributed by atoms with Gasteiger partial charge in [0.1, 0.15) is 12.6 Å². The molecule has 2 aromatic rings. The van der Waals surface area contributed by atoms with Crippen molar-refractivity contribution in [2.24, 2.45) is 0 Å². The standard InChI is InChI=1S/C21H24N2O3/c1-16-9-11-17(12-10-16)14-22-20(24)19-8-5-13-23(19)21(25)26-15-18-6-3-2-4-7-18/h2-4,6-7,9-12,19H,5,8,13-15H2,1H3,(H,22,24). The molecule has 0 radical (unpaired) electrons. The van der Waals surface area contributed by atoms with E-state index >= 15 is 0 Å². The Morgan fingerprint density at radius 3 is 2.54 bits per heavy atom. The van der Waals surface area contributed by atoms with Gasteiger partial charge in [-0.3, -0.25) is 9.69 Å². The zero-order valence-electron chi connectivity index (χ0n) is 15.0. The molecule has 1 saturated heterocycles. The van der Waals surface area contributed by atoms with Crippen molar-refractivity contribution in [1.29, 1.82) is 0 Å². The molecule has 136 valence electrons. The predicted octanol–water partition coefficient (Wildman–Crippen LogP) is 3.41. The summed E-state index contributed by atoms with van der Waals surface area (Å²) < 4.78 is 5.38. The van der Waals surface area contributed by atoms with Crippen LogP contribution in [-0.4, -0.2) is 29.5 Å². The fourth-order valence-electron chi connectivity index (χ4n) is 3.07. The number of aryl methyl sites for hydroxylation is 1. The number of hydrogen-bond donors (Lipinski definition) is 1. The fourth-order valence-corrected chi connectivity index (χ4v) is 3.07. The monoisotopic (exact) mass is 352 g/mol. The van der Waals surface area contributed by atoms with Crippen LogP contribution in [0.3, 0.4) is 0 Å². The molecular weight excluding hydrogens is 328 g/mol. The molecule has 5 heteroatoms. The molecule has 2 amide bonds. The molecule has 1 N–H and O–H groups in total. The normalized spacial score (nSPS) is 16.3. The van der Waals surface area contributed by atoms with Crippen LogP contribution < -0.4 is 5.32 Å². The van der Waals surface area contributed by atoms with Gasteiger partial charge in [-0.2, -0.15) is 0 Å². The number of amides is 2. The zero-order chi connectivity index (χ0) is 18.4. The van der Waals surface area contributed by atoms with Gasteiger partial charge in [0, 0.05) is 13.1 Å².